The number of phenols is 1. The molecule has 0 amide bonds. The highest BCUT2D eigenvalue weighted by Crippen LogP contribution is 2.28. The Morgan fingerprint density at radius 1 is 0.653 bits per heavy atom. The predicted molar refractivity (Wildman–Crippen MR) is 286 cm³/mol. The Morgan fingerprint density at radius 2 is 1.27 bits per heavy atom. The summed E-state index contributed by atoms with van der Waals surface area (Å²) < 4.78 is 27.5. The van der Waals surface area contributed by atoms with Crippen molar-refractivity contribution in [2.45, 2.75) is 160 Å². The van der Waals surface area contributed by atoms with Crippen LogP contribution in [0.2, 0.25) is 0 Å². The van der Waals surface area contributed by atoms with Crippen LogP contribution in [0.25, 0.3) is 0 Å². The van der Waals surface area contributed by atoms with Crippen molar-refractivity contribution < 1.29 is 33.2 Å². The summed E-state index contributed by atoms with van der Waals surface area (Å²) >= 11 is 0. The number of hydrogen-bond acceptors (Lipinski definition) is 19. The lowest BCUT2D eigenvalue weighted by Gasteiger charge is -2.09. The maximum absolute atomic E-state index is 13.3. The highest BCUT2D eigenvalue weighted by molar-refractivity contribution is 5.85. The monoisotopic (exact) mass is 1050 g/mol. The van der Waals surface area contributed by atoms with Crippen molar-refractivity contribution in [1.82, 2.24) is 56.6 Å². The van der Waals surface area contributed by atoms with Crippen molar-refractivity contribution in [2.24, 2.45) is 21.9 Å². The summed E-state index contributed by atoms with van der Waals surface area (Å²) in [5.41, 5.74) is 6.21. The number of hydrazone groups is 1. The third-order valence-electron chi connectivity index (χ3n) is 9.83. The van der Waals surface area contributed by atoms with Crippen LogP contribution >= 0.6 is 0 Å². The second-order valence-electron chi connectivity index (χ2n) is 19.3. The number of hydrogen-bond donors (Lipinski definition) is 8. The van der Waals surface area contributed by atoms with Crippen molar-refractivity contribution in [1.29, 1.82) is 0 Å². The number of phenolic OH excluding ortho intramolecular Hbond substituents is 1. The fraction of sp³-hybridized carbons (Fsp3) is 0.510. The number of hydroxylamine groups is 1. The molecule has 0 saturated carbocycles. The molecule has 0 aliphatic carbocycles. The molecule has 0 radical (unpaired) electrons. The average Bonchev–Trinajstić information content (AvgIpc) is 4.20. The Kier molecular flexibility index (Phi) is 27.4. The van der Waals surface area contributed by atoms with Gasteiger partial charge in [0, 0.05) is 35.7 Å². The number of rotatable bonds is 8. The standard InChI is InChI=1S/C10H13FO.C7H11NO.C7H8O3.2C6H10N2O.C5H9N3O.C5H9N3.C5H8N2O2/c1-6(2)8-5-4-7(3)10(12)9(8)11;1-5(2)7-4-6(3)9-8-7;1-3(2)4-5(8)7(10)6(4)9;1-4(2)6-8-7-5(3)9-6;1-4(2)6-7-5(3)9-8-6;1-3(2)4-6-5(9)8-7-4;1-4(2)5-6-3-7-8-5;1-3(2)4-6-5(8)9-7-4/h4-6,12H,1-3H3;4-5H,1-3H3;3,8H,1-2H3;4,7H,3H2,1-2H3;4H,3H2,1-2H3,(H,7,8);3H,1-2H3,(H2,6,7,8,9);3-4H,1-2H3,(H,6,7,8);3H,1-2H3,(H,6,7,8). The number of halogens is 1. The number of aromatic nitrogens is 9. The van der Waals surface area contributed by atoms with Crippen LogP contribution < -0.4 is 33.2 Å². The number of ether oxygens (including phenoxy) is 1. The average molecular weight is 1050 g/mol. The van der Waals surface area contributed by atoms with Crippen molar-refractivity contribution in [2.75, 3.05) is 0 Å². The third kappa shape index (κ3) is 22.8. The molecule has 24 heteroatoms. The van der Waals surface area contributed by atoms with Gasteiger partial charge in [0.05, 0.1) is 11.3 Å². The molecule has 414 valence electrons. The van der Waals surface area contributed by atoms with Crippen LogP contribution in [0.3, 0.4) is 0 Å². The molecule has 75 heavy (non-hydrogen) atoms. The smallest absolute Gasteiger partial charge is 0.438 e. The SMILES string of the molecule is C=C1N=C(C(C)C)NO1.C=C1NN=C(C(C)C)O1.CC(C)c1c(O)c(=O)c1=O.CC(C)c1n[nH]c(=O)[nH]1.CC(C)c1ncn[nH]1.CC(C)c1noc(=O)[nH]1.Cc1cc(C(C)C)no1.Cc1ccc(C(C)C)c(F)c1O. The molecule has 6 heterocycles. The molecule has 0 atom stereocenters. The number of aromatic amines is 4. The van der Waals surface area contributed by atoms with Gasteiger partial charge in [-0.2, -0.15) is 15.2 Å². The molecule has 0 spiro atoms. The molecule has 8 N–H and O–H groups in total. The van der Waals surface area contributed by atoms with Gasteiger partial charge in [0.25, 0.3) is 5.43 Å². The Bertz CT molecular complexity index is 2850. The lowest BCUT2D eigenvalue weighted by atomic mass is 9.98. The molecule has 8 rings (SSSR count). The van der Waals surface area contributed by atoms with E-state index in [0.29, 0.717) is 64.1 Å². The summed E-state index contributed by atoms with van der Waals surface area (Å²) in [6.45, 7) is 42.2. The van der Waals surface area contributed by atoms with Crippen molar-refractivity contribution in [3.63, 3.8) is 0 Å². The maximum Gasteiger partial charge on any atom is 0.438 e. The number of H-pyrrole nitrogens is 4. The van der Waals surface area contributed by atoms with E-state index >= 15 is 0 Å². The van der Waals surface area contributed by atoms with Crippen molar-refractivity contribution in [3.05, 3.63) is 142 Å². The molecule has 23 nitrogen and oxygen atoms in total. The molecular formula is C51H78FN13O10. The molecule has 2 aromatic carbocycles. The van der Waals surface area contributed by atoms with Gasteiger partial charge >= 0.3 is 11.4 Å². The zero-order valence-corrected chi connectivity index (χ0v) is 46.5. The first-order valence-electron chi connectivity index (χ1n) is 24.3. The molecule has 0 fully saturated rings. The van der Waals surface area contributed by atoms with Gasteiger partial charge in [-0.25, -0.2) is 35.0 Å². The number of benzene rings is 1. The topological polar surface area (TPSA) is 330 Å². The Labute approximate surface area is 436 Å². The van der Waals surface area contributed by atoms with E-state index in [1.165, 1.54) is 6.33 Å². The largest absolute Gasteiger partial charge is 0.505 e. The molecule has 0 saturated heterocycles. The van der Waals surface area contributed by atoms with Gasteiger partial charge < -0.3 is 24.3 Å². The highest BCUT2D eigenvalue weighted by atomic mass is 19.1. The van der Waals surface area contributed by atoms with Gasteiger partial charge in [0.2, 0.25) is 23.1 Å². The van der Waals surface area contributed by atoms with Crippen LogP contribution in [0.5, 0.6) is 11.5 Å². The summed E-state index contributed by atoms with van der Waals surface area (Å²) in [7, 11) is 0. The molecule has 0 unspecified atom stereocenters. The number of nitrogens with one attached hydrogen (secondary N) is 6. The van der Waals surface area contributed by atoms with Crippen LogP contribution in [0.4, 0.5) is 4.39 Å². The minimum absolute atomic E-state index is 0.0507. The van der Waals surface area contributed by atoms with Gasteiger partial charge in [-0.05, 0) is 55.9 Å². The number of nitrogens with zero attached hydrogens (tertiary/aromatic N) is 7. The Morgan fingerprint density at radius 3 is 1.53 bits per heavy atom. The quantitative estimate of drug-likeness (QED) is 0.0659. The summed E-state index contributed by atoms with van der Waals surface area (Å²) in [6, 6.07) is 5.41. The van der Waals surface area contributed by atoms with Crippen LogP contribution in [0, 0.1) is 31.5 Å². The van der Waals surface area contributed by atoms with Crippen LogP contribution in [-0.4, -0.2) is 67.6 Å². The van der Waals surface area contributed by atoms with E-state index in [4.69, 9.17) is 19.2 Å². The summed E-state index contributed by atoms with van der Waals surface area (Å²) in [6.07, 6.45) is 1.52. The number of aryl methyl sites for hydroxylation is 2. The Hall–Kier alpha value is -7.92. The predicted octanol–water partition coefficient (Wildman–Crippen LogP) is 8.91. The first-order valence-corrected chi connectivity index (χ1v) is 24.3. The normalized spacial score (nSPS) is 12.3. The minimum atomic E-state index is -0.747. The van der Waals surface area contributed by atoms with Crippen molar-refractivity contribution >= 4 is 11.7 Å². The molecule has 2 aliphatic heterocycles. The zero-order chi connectivity index (χ0) is 57.4. The van der Waals surface area contributed by atoms with E-state index in [2.05, 4.69) is 112 Å². The van der Waals surface area contributed by atoms with Crippen molar-refractivity contribution in [3.8, 4) is 11.5 Å². The Balaban J connectivity index is 0.000000430. The second kappa shape index (κ2) is 31.6. The van der Waals surface area contributed by atoms with E-state index in [1.54, 1.807) is 32.9 Å². The number of amidine groups is 1. The van der Waals surface area contributed by atoms with E-state index in [9.17, 15) is 28.7 Å². The maximum atomic E-state index is 13.3. The molecule has 0 bridgehead atoms. The minimum Gasteiger partial charge on any atom is -0.505 e. The zero-order valence-electron chi connectivity index (χ0n) is 46.5. The number of aliphatic imine (C=N–C) groups is 1. The van der Waals surface area contributed by atoms with Crippen LogP contribution in [0.15, 0.2) is 87.8 Å². The molecule has 6 aromatic rings. The van der Waals surface area contributed by atoms with Crippen LogP contribution in [0.1, 0.15) is 192 Å². The lowest BCUT2D eigenvalue weighted by molar-refractivity contribution is 0.176. The van der Waals surface area contributed by atoms with Gasteiger partial charge in [-0.15, -0.1) is 5.10 Å². The molecular weight excluding hydrogens is 974 g/mol. The lowest BCUT2D eigenvalue weighted by Crippen LogP contribution is -2.34. The molecule has 4 aromatic heterocycles. The third-order valence-corrected chi connectivity index (χ3v) is 9.83. The molecule has 2 aliphatic rings. The van der Waals surface area contributed by atoms with Crippen LogP contribution in [-0.2, 0) is 9.57 Å². The highest BCUT2D eigenvalue weighted by Gasteiger charge is 2.22. The second-order valence-corrected chi connectivity index (χ2v) is 19.3. The van der Waals surface area contributed by atoms with Gasteiger partial charge in [0.1, 0.15) is 29.6 Å². The van der Waals surface area contributed by atoms with E-state index in [1.807, 2.05) is 82.2 Å². The first kappa shape index (κ1) is 65.1. The van der Waals surface area contributed by atoms with Gasteiger partial charge in [-0.1, -0.05) is 133 Å². The van der Waals surface area contributed by atoms with Gasteiger partial charge in [-0.3, -0.25) is 29.2 Å². The summed E-state index contributed by atoms with van der Waals surface area (Å²) in [4.78, 5) is 59.5. The summed E-state index contributed by atoms with van der Waals surface area (Å²) in [5, 5.41) is 41.8. The van der Waals surface area contributed by atoms with Gasteiger partial charge in [0.15, 0.2) is 23.1 Å². The first-order chi connectivity index (χ1) is 34.9. The van der Waals surface area contributed by atoms with E-state index in [-0.39, 0.29) is 46.4 Å². The van der Waals surface area contributed by atoms with E-state index < -0.39 is 22.4 Å². The summed E-state index contributed by atoms with van der Waals surface area (Å²) in [5.74, 6) is 6.31. The number of aromatic hydroxyl groups is 2. The fourth-order valence-electron chi connectivity index (χ4n) is 5.33. The van der Waals surface area contributed by atoms with E-state index in [0.717, 1.165) is 23.1 Å². The fourth-order valence-corrected chi connectivity index (χ4v) is 5.33.